The molecule has 1 aromatic carbocycles. The van der Waals surface area contributed by atoms with Gasteiger partial charge < -0.3 is 4.90 Å². The SMILES string of the molecule is CN(C)Cc1ccc2c(c1)CCC2=O. The molecule has 0 bridgehead atoms. The van der Waals surface area contributed by atoms with Crippen LogP contribution in [0.15, 0.2) is 18.2 Å². The molecule has 0 saturated heterocycles. The monoisotopic (exact) mass is 189 g/mol. The van der Waals surface area contributed by atoms with E-state index in [1.165, 1.54) is 11.1 Å². The van der Waals surface area contributed by atoms with Crippen LogP contribution in [0, 0.1) is 0 Å². The first-order valence-corrected chi connectivity index (χ1v) is 4.96. The molecular weight excluding hydrogens is 174 g/mol. The van der Waals surface area contributed by atoms with Gasteiger partial charge in [-0.15, -0.1) is 0 Å². The van der Waals surface area contributed by atoms with Crippen molar-refractivity contribution < 1.29 is 4.79 Å². The summed E-state index contributed by atoms with van der Waals surface area (Å²) in [6, 6.07) is 6.20. The molecule has 0 atom stereocenters. The predicted octanol–water partition coefficient (Wildman–Crippen LogP) is 1.88. The van der Waals surface area contributed by atoms with Crippen LogP contribution >= 0.6 is 0 Å². The third kappa shape index (κ3) is 1.70. The predicted molar refractivity (Wildman–Crippen MR) is 56.5 cm³/mol. The van der Waals surface area contributed by atoms with E-state index in [9.17, 15) is 4.79 Å². The number of fused-ring (bicyclic) bond motifs is 1. The van der Waals surface area contributed by atoms with Crippen LogP contribution in [0.2, 0.25) is 0 Å². The number of carbonyl (C=O) groups is 1. The van der Waals surface area contributed by atoms with Gasteiger partial charge in [-0.3, -0.25) is 4.79 Å². The molecule has 0 saturated carbocycles. The Kier molecular flexibility index (Phi) is 2.38. The van der Waals surface area contributed by atoms with Crippen molar-refractivity contribution in [3.05, 3.63) is 34.9 Å². The van der Waals surface area contributed by atoms with Crippen LogP contribution in [0.5, 0.6) is 0 Å². The second-order valence-corrected chi connectivity index (χ2v) is 4.15. The number of carbonyl (C=O) groups excluding carboxylic acids is 1. The Morgan fingerprint density at radius 3 is 2.79 bits per heavy atom. The minimum atomic E-state index is 0.302. The lowest BCUT2D eigenvalue weighted by Gasteiger charge is -2.10. The van der Waals surface area contributed by atoms with Gasteiger partial charge >= 0.3 is 0 Å². The normalized spacial score (nSPS) is 14.9. The Balaban J connectivity index is 2.28. The van der Waals surface area contributed by atoms with Crippen molar-refractivity contribution >= 4 is 5.78 Å². The summed E-state index contributed by atoms with van der Waals surface area (Å²) in [6.07, 6.45) is 1.62. The van der Waals surface area contributed by atoms with Crippen molar-refractivity contribution in [3.63, 3.8) is 0 Å². The fourth-order valence-electron chi connectivity index (χ4n) is 1.97. The molecule has 0 unspecified atom stereocenters. The van der Waals surface area contributed by atoms with Gasteiger partial charge in [0.15, 0.2) is 5.78 Å². The molecule has 0 amide bonds. The molecule has 0 radical (unpaired) electrons. The molecule has 2 rings (SSSR count). The summed E-state index contributed by atoms with van der Waals surface area (Å²) >= 11 is 0. The highest BCUT2D eigenvalue weighted by Gasteiger charge is 2.18. The van der Waals surface area contributed by atoms with Crippen LogP contribution in [0.1, 0.15) is 27.9 Å². The van der Waals surface area contributed by atoms with Crippen LogP contribution in [0.25, 0.3) is 0 Å². The highest BCUT2D eigenvalue weighted by Crippen LogP contribution is 2.23. The van der Waals surface area contributed by atoms with Crippen molar-refractivity contribution in [1.82, 2.24) is 4.90 Å². The Bertz CT molecular complexity index is 369. The van der Waals surface area contributed by atoms with Crippen LogP contribution in [-0.4, -0.2) is 24.8 Å². The van der Waals surface area contributed by atoms with Crippen molar-refractivity contribution in [2.24, 2.45) is 0 Å². The van der Waals surface area contributed by atoms with Crippen LogP contribution in [-0.2, 0) is 13.0 Å². The third-order valence-electron chi connectivity index (χ3n) is 2.59. The first-order chi connectivity index (χ1) is 6.66. The van der Waals surface area contributed by atoms with Gasteiger partial charge in [0.25, 0.3) is 0 Å². The number of Topliss-reactive ketones (excluding diaryl/α,β-unsaturated/α-hetero) is 1. The van der Waals surface area contributed by atoms with Gasteiger partial charge in [-0.25, -0.2) is 0 Å². The summed E-state index contributed by atoms with van der Waals surface area (Å²) < 4.78 is 0. The van der Waals surface area contributed by atoms with E-state index in [0.29, 0.717) is 12.2 Å². The fourth-order valence-corrected chi connectivity index (χ4v) is 1.97. The van der Waals surface area contributed by atoms with E-state index >= 15 is 0 Å². The maximum atomic E-state index is 11.4. The second-order valence-electron chi connectivity index (χ2n) is 4.15. The summed E-state index contributed by atoms with van der Waals surface area (Å²) in [4.78, 5) is 13.5. The first kappa shape index (κ1) is 9.41. The van der Waals surface area contributed by atoms with E-state index in [1.54, 1.807) is 0 Å². The lowest BCUT2D eigenvalue weighted by atomic mass is 10.1. The molecule has 1 aliphatic rings. The van der Waals surface area contributed by atoms with Gasteiger partial charge in [0.2, 0.25) is 0 Å². The van der Waals surface area contributed by atoms with E-state index in [4.69, 9.17) is 0 Å². The van der Waals surface area contributed by atoms with Crippen LogP contribution < -0.4 is 0 Å². The molecule has 2 heteroatoms. The summed E-state index contributed by atoms with van der Waals surface area (Å²) in [5.41, 5.74) is 3.46. The molecule has 0 aliphatic heterocycles. The third-order valence-corrected chi connectivity index (χ3v) is 2.59. The topological polar surface area (TPSA) is 20.3 Å². The summed E-state index contributed by atoms with van der Waals surface area (Å²) in [7, 11) is 4.11. The fraction of sp³-hybridized carbons (Fsp3) is 0.417. The molecule has 1 aliphatic carbocycles. The van der Waals surface area contributed by atoms with Crippen LogP contribution in [0.3, 0.4) is 0 Å². The number of ketones is 1. The Morgan fingerprint density at radius 1 is 1.29 bits per heavy atom. The molecule has 0 N–H and O–H groups in total. The summed E-state index contributed by atoms with van der Waals surface area (Å²) in [5, 5.41) is 0. The molecule has 0 aromatic heterocycles. The highest BCUT2D eigenvalue weighted by atomic mass is 16.1. The zero-order valence-electron chi connectivity index (χ0n) is 8.71. The Morgan fingerprint density at radius 2 is 2.07 bits per heavy atom. The quantitative estimate of drug-likeness (QED) is 0.708. The van der Waals surface area contributed by atoms with Crippen molar-refractivity contribution in [2.75, 3.05) is 14.1 Å². The largest absolute Gasteiger partial charge is 0.305 e. The number of hydrogen-bond acceptors (Lipinski definition) is 2. The average molecular weight is 189 g/mol. The smallest absolute Gasteiger partial charge is 0.163 e. The van der Waals surface area contributed by atoms with Gasteiger partial charge in [0, 0.05) is 18.5 Å². The lowest BCUT2D eigenvalue weighted by molar-refractivity contribution is 0.0994. The summed E-state index contributed by atoms with van der Waals surface area (Å²) in [6.45, 7) is 0.946. The Hall–Kier alpha value is -1.15. The van der Waals surface area contributed by atoms with Gasteiger partial charge in [-0.2, -0.15) is 0 Å². The number of benzene rings is 1. The minimum Gasteiger partial charge on any atom is -0.305 e. The second kappa shape index (κ2) is 3.54. The molecule has 1 aromatic rings. The van der Waals surface area contributed by atoms with Gasteiger partial charge in [-0.1, -0.05) is 18.2 Å². The maximum Gasteiger partial charge on any atom is 0.163 e. The number of nitrogens with zero attached hydrogens (tertiary/aromatic N) is 1. The van der Waals surface area contributed by atoms with Crippen molar-refractivity contribution in [3.8, 4) is 0 Å². The minimum absolute atomic E-state index is 0.302. The molecule has 14 heavy (non-hydrogen) atoms. The molecule has 74 valence electrons. The average Bonchev–Trinajstić information content (AvgIpc) is 2.46. The van der Waals surface area contributed by atoms with E-state index < -0.39 is 0 Å². The van der Waals surface area contributed by atoms with Gasteiger partial charge in [0.05, 0.1) is 0 Å². The number of aryl methyl sites for hydroxylation is 1. The highest BCUT2D eigenvalue weighted by molar-refractivity contribution is 6.00. The zero-order valence-corrected chi connectivity index (χ0v) is 8.71. The number of hydrogen-bond donors (Lipinski definition) is 0. The van der Waals surface area contributed by atoms with E-state index in [2.05, 4.69) is 31.1 Å². The maximum absolute atomic E-state index is 11.4. The first-order valence-electron chi connectivity index (χ1n) is 4.96. The molecule has 0 fully saturated rings. The summed E-state index contributed by atoms with van der Waals surface area (Å²) in [5.74, 6) is 0.302. The van der Waals surface area contributed by atoms with Gasteiger partial charge in [0.1, 0.15) is 0 Å². The number of rotatable bonds is 2. The molecule has 0 heterocycles. The zero-order chi connectivity index (χ0) is 10.1. The molecule has 0 spiro atoms. The van der Waals surface area contributed by atoms with Gasteiger partial charge in [-0.05, 0) is 31.6 Å². The Labute approximate surface area is 84.5 Å². The lowest BCUT2D eigenvalue weighted by Crippen LogP contribution is -2.10. The van der Waals surface area contributed by atoms with E-state index in [1.807, 2.05) is 6.07 Å². The standard InChI is InChI=1S/C12H15NO/c1-13(2)8-9-3-5-11-10(7-9)4-6-12(11)14/h3,5,7H,4,6,8H2,1-2H3. The molecular formula is C12H15NO. The van der Waals surface area contributed by atoms with Crippen molar-refractivity contribution in [1.29, 1.82) is 0 Å². The van der Waals surface area contributed by atoms with E-state index in [0.717, 1.165) is 18.5 Å². The van der Waals surface area contributed by atoms with Crippen LogP contribution in [0.4, 0.5) is 0 Å². The van der Waals surface area contributed by atoms with E-state index in [-0.39, 0.29) is 0 Å². The van der Waals surface area contributed by atoms with Crippen molar-refractivity contribution in [2.45, 2.75) is 19.4 Å². The molecule has 2 nitrogen and oxygen atoms in total.